The van der Waals surface area contributed by atoms with Gasteiger partial charge in [0.25, 0.3) is 5.91 Å². The smallest absolute Gasteiger partial charge is 0.407 e. The van der Waals surface area contributed by atoms with E-state index in [1.807, 2.05) is 26.8 Å². The van der Waals surface area contributed by atoms with E-state index in [9.17, 15) is 38.4 Å². The Morgan fingerprint density at radius 2 is 1.45 bits per heavy atom. The molecule has 0 fully saturated rings. The highest BCUT2D eigenvalue weighted by molar-refractivity contribution is 5.96. The van der Waals surface area contributed by atoms with Crippen molar-refractivity contribution >= 4 is 47.6 Å². The van der Waals surface area contributed by atoms with Crippen molar-refractivity contribution in [3.05, 3.63) is 59.2 Å². The van der Waals surface area contributed by atoms with Crippen LogP contribution in [0.3, 0.4) is 0 Å². The lowest BCUT2D eigenvalue weighted by atomic mass is 9.90. The molecular weight excluding hydrogens is 983 g/mol. The van der Waals surface area contributed by atoms with Gasteiger partial charge in [-0.2, -0.15) is 0 Å². The summed E-state index contributed by atoms with van der Waals surface area (Å²) < 4.78 is 34.4. The summed E-state index contributed by atoms with van der Waals surface area (Å²) >= 11 is 0. The van der Waals surface area contributed by atoms with Crippen LogP contribution in [0.2, 0.25) is 0 Å². The first-order valence-electron chi connectivity index (χ1n) is 26.6. The van der Waals surface area contributed by atoms with Gasteiger partial charge in [0.15, 0.2) is 6.10 Å². The van der Waals surface area contributed by atoms with E-state index in [1.54, 1.807) is 58.0 Å². The maximum absolute atomic E-state index is 14.3. The van der Waals surface area contributed by atoms with E-state index >= 15 is 0 Å². The van der Waals surface area contributed by atoms with Crippen molar-refractivity contribution in [2.24, 2.45) is 23.5 Å². The van der Waals surface area contributed by atoms with Gasteiger partial charge in [-0.05, 0) is 83.4 Å². The molecule has 0 aliphatic carbocycles. The predicted octanol–water partition coefficient (Wildman–Crippen LogP) is 3.76. The Hall–Kier alpha value is -5.90. The zero-order chi connectivity index (χ0) is 56.9. The molecule has 6 amide bonds. The summed E-state index contributed by atoms with van der Waals surface area (Å²) in [7, 11) is 2.83. The van der Waals surface area contributed by atoms with Crippen LogP contribution in [-0.2, 0) is 68.4 Å². The lowest BCUT2D eigenvalue weighted by Gasteiger charge is -2.33. The number of alkyl carbamates (subject to hydrolysis) is 1. The van der Waals surface area contributed by atoms with Crippen molar-refractivity contribution in [2.75, 3.05) is 73.4 Å². The number of cyclic esters (lactones) is 2. The van der Waals surface area contributed by atoms with Gasteiger partial charge >= 0.3 is 18.0 Å². The van der Waals surface area contributed by atoms with E-state index < -0.39 is 108 Å². The average molecular weight is 1070 g/mol. The van der Waals surface area contributed by atoms with Crippen LogP contribution in [-0.4, -0.2) is 173 Å². The lowest BCUT2D eigenvalue weighted by molar-refractivity contribution is -0.155. The SMILES string of the molecule is C/C=C(\C)[C@H]1OC(=O)[C@@H](C)NC(=O)[C@H](C(C)CC)NC(=O)CN(C)C(=O)[C@@H](Cc2ccccc2)N(C)C(=O)[C@H](C)NC(=O)[C@@H](CC(C)C)OC(=O)/C(C)=C/C[C@H](OC(=O)NCCCOCCOCCOCCCN)[C@@H]1C. The fraction of sp³-hybridized carbons (Fsp3) is 0.673. The summed E-state index contributed by atoms with van der Waals surface area (Å²) in [5, 5.41) is 10.8. The highest BCUT2D eigenvalue weighted by Crippen LogP contribution is 2.26. The number of likely N-dealkylation sites (N-methyl/N-ethyl adjacent to an activating group) is 2. The number of nitrogens with zero attached hydrogens (tertiary/aromatic N) is 2. The van der Waals surface area contributed by atoms with Gasteiger partial charge < -0.3 is 65.2 Å². The Balaban J connectivity index is 2.54. The summed E-state index contributed by atoms with van der Waals surface area (Å²) in [6.07, 6.45) is 0.886. The summed E-state index contributed by atoms with van der Waals surface area (Å²) in [5.74, 6) is -6.26. The van der Waals surface area contributed by atoms with Gasteiger partial charge in [-0.3, -0.25) is 24.0 Å². The molecule has 76 heavy (non-hydrogen) atoms. The first kappa shape index (κ1) is 66.2. The van der Waals surface area contributed by atoms with Gasteiger partial charge in [-0.15, -0.1) is 0 Å². The molecule has 9 atom stereocenters. The van der Waals surface area contributed by atoms with Gasteiger partial charge in [0.05, 0.1) is 33.0 Å². The molecule has 1 unspecified atom stereocenters. The van der Waals surface area contributed by atoms with Crippen LogP contribution >= 0.6 is 0 Å². The minimum atomic E-state index is -1.33. The Kier molecular flexibility index (Phi) is 30.9. The number of nitrogens with one attached hydrogen (secondary N) is 4. The number of carbonyl (C=O) groups excluding carboxylic acids is 8. The zero-order valence-electron chi connectivity index (χ0n) is 47.1. The van der Waals surface area contributed by atoms with E-state index in [1.165, 1.54) is 45.8 Å². The highest BCUT2D eigenvalue weighted by Gasteiger charge is 2.37. The molecule has 0 radical (unpaired) electrons. The third kappa shape index (κ3) is 23.6. The second-order valence-electron chi connectivity index (χ2n) is 19.8. The minimum Gasteiger partial charge on any atom is -0.456 e. The molecule has 0 bridgehead atoms. The Morgan fingerprint density at radius 1 is 0.842 bits per heavy atom. The molecule has 0 saturated heterocycles. The van der Waals surface area contributed by atoms with Crippen LogP contribution < -0.4 is 27.0 Å². The number of benzene rings is 1. The van der Waals surface area contributed by atoms with Gasteiger partial charge in [-0.25, -0.2) is 14.4 Å². The molecule has 0 saturated carbocycles. The number of carbonyl (C=O) groups is 8. The van der Waals surface area contributed by atoms with Crippen LogP contribution in [0, 0.1) is 17.8 Å². The Morgan fingerprint density at radius 3 is 2.04 bits per heavy atom. The monoisotopic (exact) mass is 1070 g/mol. The van der Waals surface area contributed by atoms with Crippen LogP contribution in [0.4, 0.5) is 4.79 Å². The second kappa shape index (κ2) is 35.4. The second-order valence-corrected chi connectivity index (χ2v) is 19.8. The van der Waals surface area contributed by atoms with Gasteiger partial charge in [0.2, 0.25) is 23.6 Å². The van der Waals surface area contributed by atoms with Crippen molar-refractivity contribution in [2.45, 2.75) is 150 Å². The normalized spacial score (nSPS) is 24.9. The van der Waals surface area contributed by atoms with Crippen LogP contribution in [0.25, 0.3) is 0 Å². The Labute approximate surface area is 450 Å². The third-order valence-corrected chi connectivity index (χ3v) is 13.0. The van der Waals surface area contributed by atoms with E-state index in [4.69, 9.17) is 34.2 Å². The van der Waals surface area contributed by atoms with Crippen molar-refractivity contribution < 1.29 is 66.8 Å². The third-order valence-electron chi connectivity index (χ3n) is 13.0. The van der Waals surface area contributed by atoms with Gasteiger partial charge in [-0.1, -0.05) is 83.5 Å². The molecule has 1 aliphatic heterocycles. The zero-order valence-corrected chi connectivity index (χ0v) is 47.1. The molecule has 6 N–H and O–H groups in total. The number of esters is 2. The highest BCUT2D eigenvalue weighted by atomic mass is 16.6. The van der Waals surface area contributed by atoms with Crippen LogP contribution in [0.1, 0.15) is 107 Å². The number of rotatable bonds is 21. The number of hydrogen-bond acceptors (Lipinski definition) is 15. The molecule has 0 spiro atoms. The standard InChI is InChI=1S/C55H89N7O14/c1-13-36(5)47-50(65)59-41(10)54(69)76-48(37(6)14-2)39(8)44(75-55(70)57-25-19-27-72-29-31-73-30-28-71-26-18-24-56)23-22-38(7)53(68)74-45(32-35(3)4)49(64)58-40(9)51(66)62(12)43(33-42-20-16-15-17-21-42)52(67)61(11)34-46(63)60-47/h14-17,20-22,35-36,39-41,43-45,47-48H,13,18-19,23-34,56H2,1-12H3,(H,57,70)(H,58,64)(H,59,65)(H,60,63)/b37-14+,38-22+/t36?,39-,40-,41+,43+,44-,45+,47-,48+/m0/s1. The van der Waals surface area contributed by atoms with Crippen molar-refractivity contribution in [1.82, 2.24) is 31.1 Å². The number of nitrogens with two attached hydrogens (primary N) is 1. The lowest BCUT2D eigenvalue weighted by Crippen LogP contribution is -2.57. The number of ether oxygens (including phenoxy) is 6. The first-order valence-corrected chi connectivity index (χ1v) is 26.6. The maximum atomic E-state index is 14.3. The topological polar surface area (TPSA) is 273 Å². The fourth-order valence-corrected chi connectivity index (χ4v) is 7.96. The molecule has 0 aromatic heterocycles. The summed E-state index contributed by atoms with van der Waals surface area (Å²) in [6, 6.07) is 4.29. The molecule has 21 heteroatoms. The maximum Gasteiger partial charge on any atom is 0.407 e. The van der Waals surface area contributed by atoms with E-state index in [-0.39, 0.29) is 37.3 Å². The largest absolute Gasteiger partial charge is 0.456 e. The van der Waals surface area contributed by atoms with Crippen molar-refractivity contribution in [3.8, 4) is 0 Å². The quantitative estimate of drug-likeness (QED) is 0.0508. The molecule has 21 nitrogen and oxygen atoms in total. The summed E-state index contributed by atoms with van der Waals surface area (Å²) in [4.78, 5) is 114. The van der Waals surface area contributed by atoms with E-state index in [0.717, 1.165) is 16.9 Å². The molecule has 1 aromatic carbocycles. The molecule has 2 rings (SSSR count). The van der Waals surface area contributed by atoms with Gasteiger partial charge in [0.1, 0.15) is 36.4 Å². The molecular formula is C55H89N7O14. The average Bonchev–Trinajstić information content (AvgIpc) is 3.39. The fourth-order valence-electron chi connectivity index (χ4n) is 7.96. The van der Waals surface area contributed by atoms with Crippen molar-refractivity contribution in [3.63, 3.8) is 0 Å². The summed E-state index contributed by atoms with van der Waals surface area (Å²) in [6.45, 7) is 19.7. The minimum absolute atomic E-state index is 0.0595. The van der Waals surface area contributed by atoms with Crippen LogP contribution in [0.5, 0.6) is 0 Å². The predicted molar refractivity (Wildman–Crippen MR) is 286 cm³/mol. The number of allylic oxidation sites excluding steroid dienone is 1. The van der Waals surface area contributed by atoms with E-state index in [2.05, 4.69) is 21.3 Å². The molecule has 1 aromatic rings. The molecule has 1 aliphatic rings. The van der Waals surface area contributed by atoms with Crippen LogP contribution in [0.15, 0.2) is 53.6 Å². The number of hydrogen-bond donors (Lipinski definition) is 5. The van der Waals surface area contributed by atoms with Crippen molar-refractivity contribution in [1.29, 1.82) is 0 Å². The Bertz CT molecular complexity index is 2070. The number of amides is 6. The van der Waals surface area contributed by atoms with Gasteiger partial charge in [0, 0.05) is 58.2 Å². The molecule has 1 heterocycles. The first-order chi connectivity index (χ1) is 36.1. The molecule has 428 valence electrons. The van der Waals surface area contributed by atoms with E-state index in [0.29, 0.717) is 64.6 Å². The summed E-state index contributed by atoms with van der Waals surface area (Å²) in [5.41, 5.74) is 6.86.